The van der Waals surface area contributed by atoms with E-state index in [1.54, 1.807) is 32.0 Å². The molecule has 1 N–H and O–H groups in total. The van der Waals surface area contributed by atoms with E-state index in [4.69, 9.17) is 0 Å². The molecule has 1 heterocycles. The highest BCUT2D eigenvalue weighted by Gasteiger charge is 2.51. The van der Waals surface area contributed by atoms with Crippen LogP contribution in [0.4, 0.5) is 13.2 Å². The zero-order chi connectivity index (χ0) is 24.1. The molecule has 1 aliphatic rings. The molecule has 0 bridgehead atoms. The van der Waals surface area contributed by atoms with Crippen LogP contribution in [0.5, 0.6) is 0 Å². The molecule has 3 rings (SSSR count). The lowest BCUT2D eigenvalue weighted by molar-refractivity contribution is -0.191. The second-order valence-corrected chi connectivity index (χ2v) is 9.98. The summed E-state index contributed by atoms with van der Waals surface area (Å²) in [5, 5.41) is 2.54. The van der Waals surface area contributed by atoms with Gasteiger partial charge in [0.2, 0.25) is 5.91 Å². The number of nitrogens with zero attached hydrogens (tertiary/aromatic N) is 1. The lowest BCUT2D eigenvalue weighted by Gasteiger charge is -2.31. The van der Waals surface area contributed by atoms with Crippen LogP contribution in [0.3, 0.4) is 0 Å². The van der Waals surface area contributed by atoms with Crippen LogP contribution in [0.25, 0.3) is 10.8 Å². The van der Waals surface area contributed by atoms with E-state index in [9.17, 15) is 18.0 Å². The van der Waals surface area contributed by atoms with E-state index < -0.39 is 17.6 Å². The van der Waals surface area contributed by atoms with E-state index in [2.05, 4.69) is 12.3 Å². The molecule has 2 aromatic rings. The molecule has 1 fully saturated rings. The van der Waals surface area contributed by atoms with Gasteiger partial charge in [-0.3, -0.25) is 10.2 Å². The number of benzene rings is 2. The topological polar surface area (TPSA) is 32.3 Å². The van der Waals surface area contributed by atoms with Crippen molar-refractivity contribution in [3.05, 3.63) is 47.5 Å². The van der Waals surface area contributed by atoms with Gasteiger partial charge in [0.15, 0.2) is 6.04 Å². The predicted molar refractivity (Wildman–Crippen MR) is 128 cm³/mol. The summed E-state index contributed by atoms with van der Waals surface area (Å²) in [7, 11) is 0. The first kappa shape index (κ1) is 25.5. The molecule has 1 aliphatic heterocycles. The maximum Gasteiger partial charge on any atom is 0.409 e. The first-order valence-electron chi connectivity index (χ1n) is 12.3. The summed E-state index contributed by atoms with van der Waals surface area (Å²) < 4.78 is 42.8. The van der Waals surface area contributed by atoms with E-state index in [1.165, 1.54) is 38.5 Å². The summed E-state index contributed by atoms with van der Waals surface area (Å²) in [4.78, 5) is 12.2. The number of hydrazine groups is 1. The fraction of sp³-hybridized carbons (Fsp3) is 0.593. The summed E-state index contributed by atoms with van der Waals surface area (Å²) in [5.74, 6) is -0.382. The molecule has 2 aromatic carbocycles. The monoisotopic (exact) mass is 462 g/mol. The van der Waals surface area contributed by atoms with Gasteiger partial charge in [0.1, 0.15) is 0 Å². The average molecular weight is 463 g/mol. The van der Waals surface area contributed by atoms with Crippen molar-refractivity contribution in [3.63, 3.8) is 0 Å². The van der Waals surface area contributed by atoms with Gasteiger partial charge in [0.25, 0.3) is 0 Å². The van der Waals surface area contributed by atoms with Gasteiger partial charge in [-0.2, -0.15) is 13.2 Å². The van der Waals surface area contributed by atoms with E-state index in [0.717, 1.165) is 35.2 Å². The average Bonchev–Trinajstić information content (AvgIpc) is 3.02. The molecule has 1 atom stereocenters. The Kier molecular flexibility index (Phi) is 8.43. The van der Waals surface area contributed by atoms with Crippen molar-refractivity contribution in [3.8, 4) is 0 Å². The molecule has 182 valence electrons. The van der Waals surface area contributed by atoms with Gasteiger partial charge in [-0.1, -0.05) is 88.3 Å². The van der Waals surface area contributed by atoms with Crippen molar-refractivity contribution in [1.82, 2.24) is 10.4 Å². The highest BCUT2D eigenvalue weighted by molar-refractivity contribution is 5.89. The summed E-state index contributed by atoms with van der Waals surface area (Å²) in [6, 6.07) is 8.92. The largest absolute Gasteiger partial charge is 0.409 e. The maximum absolute atomic E-state index is 14.3. The minimum Gasteiger partial charge on any atom is -0.287 e. The minimum absolute atomic E-state index is 0.00431. The molecule has 1 saturated heterocycles. The van der Waals surface area contributed by atoms with Crippen LogP contribution in [0.1, 0.15) is 89.3 Å². The Morgan fingerprint density at radius 2 is 1.55 bits per heavy atom. The lowest BCUT2D eigenvalue weighted by atomic mass is 9.91. The molecule has 0 saturated carbocycles. The minimum atomic E-state index is -4.52. The summed E-state index contributed by atoms with van der Waals surface area (Å²) >= 11 is 0. The smallest absolute Gasteiger partial charge is 0.287 e. The molecule has 0 spiro atoms. The molecule has 33 heavy (non-hydrogen) atoms. The molecule has 1 amide bonds. The second kappa shape index (κ2) is 10.9. The summed E-state index contributed by atoms with van der Waals surface area (Å²) in [5.41, 5.74) is 2.88. The zero-order valence-electron chi connectivity index (χ0n) is 20.1. The number of alkyl halides is 3. The van der Waals surface area contributed by atoms with Crippen molar-refractivity contribution in [2.45, 2.75) is 90.8 Å². The lowest BCUT2D eigenvalue weighted by Crippen LogP contribution is -2.43. The van der Waals surface area contributed by atoms with E-state index in [0.29, 0.717) is 5.39 Å². The molecule has 6 heteroatoms. The fourth-order valence-electron chi connectivity index (χ4n) is 4.79. The van der Waals surface area contributed by atoms with Gasteiger partial charge >= 0.3 is 6.18 Å². The highest BCUT2D eigenvalue weighted by atomic mass is 19.4. The van der Waals surface area contributed by atoms with Crippen LogP contribution >= 0.6 is 0 Å². The quantitative estimate of drug-likeness (QED) is 0.351. The Bertz CT molecular complexity index is 939. The third kappa shape index (κ3) is 6.28. The van der Waals surface area contributed by atoms with Gasteiger partial charge in [0.05, 0.1) is 5.41 Å². The zero-order valence-corrected chi connectivity index (χ0v) is 20.1. The number of unbranched alkanes of at least 4 members (excludes halogenated alkanes) is 7. The molecule has 3 nitrogen and oxygen atoms in total. The summed E-state index contributed by atoms with van der Waals surface area (Å²) in [6.07, 6.45) is 6.13. The number of carbonyl (C=O) groups excluding carboxylic acids is 1. The van der Waals surface area contributed by atoms with Gasteiger partial charge in [-0.25, -0.2) is 5.01 Å². The van der Waals surface area contributed by atoms with Crippen molar-refractivity contribution in [2.24, 2.45) is 5.41 Å². The molecule has 0 unspecified atom stereocenters. The van der Waals surface area contributed by atoms with E-state index in [-0.39, 0.29) is 18.0 Å². The maximum atomic E-state index is 14.3. The number of hydrogen-bond donors (Lipinski definition) is 1. The number of carbonyl (C=O) groups is 1. The van der Waals surface area contributed by atoms with Crippen molar-refractivity contribution in [2.75, 3.05) is 6.54 Å². The van der Waals surface area contributed by atoms with Crippen molar-refractivity contribution >= 4 is 16.7 Å². The Hall–Kier alpha value is -2.08. The molecular weight excluding hydrogens is 425 g/mol. The molecule has 0 radical (unpaired) electrons. The SMILES string of the molecule is CCCCCCCCCCc1ccc([C@H](N2CC(C)(C)C(=O)N2)C(F)(F)F)c2ccccc12. The number of aryl methyl sites for hydroxylation is 1. The Morgan fingerprint density at radius 3 is 2.12 bits per heavy atom. The Labute approximate surface area is 195 Å². The number of amides is 1. The third-order valence-electron chi connectivity index (χ3n) is 6.69. The standard InChI is InChI=1S/C27H37F3N2O/c1-4-5-6-7-8-9-10-11-14-20-17-18-23(22-16-13-12-15-21(20)22)24(27(28,29)30)32-19-26(2,3)25(33)31-32/h12-13,15-18,24H,4-11,14,19H2,1-3H3,(H,31,33)/t24-/m0/s1. The van der Waals surface area contributed by atoms with E-state index >= 15 is 0 Å². The molecule has 0 aliphatic carbocycles. The number of rotatable bonds is 11. The predicted octanol–water partition coefficient (Wildman–Crippen LogP) is 7.50. The Morgan fingerprint density at radius 1 is 0.939 bits per heavy atom. The first-order valence-corrected chi connectivity index (χ1v) is 12.3. The van der Waals surface area contributed by atoms with Crippen LogP contribution in [0.2, 0.25) is 0 Å². The molecule has 0 aromatic heterocycles. The van der Waals surface area contributed by atoms with Gasteiger partial charge in [-0.05, 0) is 48.6 Å². The van der Waals surface area contributed by atoms with Crippen molar-refractivity contribution < 1.29 is 18.0 Å². The molecular formula is C27H37F3N2O. The van der Waals surface area contributed by atoms with Gasteiger partial charge in [0, 0.05) is 6.54 Å². The normalized spacial score (nSPS) is 17.5. The number of nitrogens with one attached hydrogen (secondary N) is 1. The van der Waals surface area contributed by atoms with Crippen LogP contribution in [0.15, 0.2) is 36.4 Å². The first-order chi connectivity index (χ1) is 15.6. The highest BCUT2D eigenvalue weighted by Crippen LogP contribution is 2.43. The van der Waals surface area contributed by atoms with Crippen LogP contribution in [0, 0.1) is 5.41 Å². The number of hydrogen-bond acceptors (Lipinski definition) is 2. The van der Waals surface area contributed by atoms with Crippen LogP contribution in [-0.4, -0.2) is 23.6 Å². The van der Waals surface area contributed by atoms with E-state index in [1.807, 2.05) is 18.2 Å². The van der Waals surface area contributed by atoms with Crippen molar-refractivity contribution in [1.29, 1.82) is 0 Å². The van der Waals surface area contributed by atoms with Crippen LogP contribution < -0.4 is 5.43 Å². The van der Waals surface area contributed by atoms with Gasteiger partial charge < -0.3 is 0 Å². The number of fused-ring (bicyclic) bond motifs is 1. The fourth-order valence-corrected chi connectivity index (χ4v) is 4.79. The third-order valence-corrected chi connectivity index (χ3v) is 6.69. The summed E-state index contributed by atoms with van der Waals surface area (Å²) in [6.45, 7) is 5.56. The number of halogens is 3. The second-order valence-electron chi connectivity index (χ2n) is 9.98. The van der Waals surface area contributed by atoms with Gasteiger partial charge in [-0.15, -0.1) is 0 Å². The Balaban J connectivity index is 1.78. The van der Waals surface area contributed by atoms with Crippen LogP contribution in [-0.2, 0) is 11.2 Å².